The van der Waals surface area contributed by atoms with Gasteiger partial charge in [-0.3, -0.25) is 4.55 Å². The number of ether oxygens (including phenoxy) is 1. The van der Waals surface area contributed by atoms with Crippen LogP contribution < -0.4 is 39.4 Å². The van der Waals surface area contributed by atoms with E-state index in [9.17, 15) is 13.5 Å². The van der Waals surface area contributed by atoms with E-state index in [4.69, 9.17) is 9.29 Å². The van der Waals surface area contributed by atoms with Crippen LogP contribution in [0, 0.1) is 0 Å². The predicted octanol–water partition coefficient (Wildman–Crippen LogP) is 1.71. The van der Waals surface area contributed by atoms with Gasteiger partial charge in [-0.25, -0.2) is 0 Å². The van der Waals surface area contributed by atoms with Gasteiger partial charge in [-0.05, 0) is 48.7 Å². The van der Waals surface area contributed by atoms with E-state index in [1.54, 1.807) is 6.07 Å². The van der Waals surface area contributed by atoms with Crippen molar-refractivity contribution < 1.29 is 52.4 Å². The van der Waals surface area contributed by atoms with Gasteiger partial charge in [0, 0.05) is 0 Å². The fourth-order valence-electron chi connectivity index (χ4n) is 2.78. The Hall–Kier alpha value is -1.05. The van der Waals surface area contributed by atoms with Crippen molar-refractivity contribution in [1.82, 2.24) is 0 Å². The van der Waals surface area contributed by atoms with Crippen molar-refractivity contribution in [3.8, 4) is 17.2 Å². The van der Waals surface area contributed by atoms with Gasteiger partial charge >= 0.3 is 29.6 Å². The number of aryl methyl sites for hydroxylation is 1. The molecule has 0 fully saturated rings. The van der Waals surface area contributed by atoms with Crippen molar-refractivity contribution in [2.24, 2.45) is 0 Å². The fraction of sp³-hybridized carbons (Fsp3) is 0.400. The zero-order valence-electron chi connectivity index (χ0n) is 16.0. The SMILES string of the molecule is CCCCCCCCc1cccc(Oc2ccc(S(=O)(=O)O)c([O-])c2)c1.[Na+]. The van der Waals surface area contributed by atoms with Gasteiger partial charge < -0.3 is 9.84 Å². The van der Waals surface area contributed by atoms with E-state index in [2.05, 4.69) is 6.92 Å². The molecule has 0 saturated carbocycles. The minimum absolute atomic E-state index is 0. The molecule has 0 spiro atoms. The third-order valence-corrected chi connectivity index (χ3v) is 5.04. The van der Waals surface area contributed by atoms with Crippen LogP contribution >= 0.6 is 0 Å². The van der Waals surface area contributed by atoms with Crippen LogP contribution in [-0.4, -0.2) is 13.0 Å². The molecule has 0 aliphatic carbocycles. The van der Waals surface area contributed by atoms with Crippen LogP contribution in [0.5, 0.6) is 17.2 Å². The molecule has 1 N–H and O–H groups in total. The molecule has 0 aliphatic heterocycles. The minimum Gasteiger partial charge on any atom is -0.871 e. The first-order valence-electron chi connectivity index (χ1n) is 8.95. The molecule has 0 amide bonds. The molecule has 27 heavy (non-hydrogen) atoms. The standard InChI is InChI=1S/C20H26O5S.Na/c1-2-3-4-5-6-7-9-16-10-8-11-17(14-16)25-18-12-13-20(19(21)15-18)26(22,23)24;/h8,10-15,21H,2-7,9H2,1H3,(H,22,23,24);/q;+1/p-1. The Labute approximate surface area is 183 Å². The summed E-state index contributed by atoms with van der Waals surface area (Å²) in [5.41, 5.74) is 1.16. The van der Waals surface area contributed by atoms with E-state index in [-0.39, 0.29) is 35.3 Å². The maximum absolute atomic E-state index is 11.8. The second-order valence-electron chi connectivity index (χ2n) is 6.35. The third-order valence-electron chi connectivity index (χ3n) is 4.15. The van der Waals surface area contributed by atoms with E-state index in [0.29, 0.717) is 5.75 Å². The van der Waals surface area contributed by atoms with Crippen LogP contribution in [0.3, 0.4) is 0 Å². The van der Waals surface area contributed by atoms with Gasteiger partial charge in [0.1, 0.15) is 11.5 Å². The smallest absolute Gasteiger partial charge is 0.871 e. The molecule has 0 heterocycles. The van der Waals surface area contributed by atoms with Crippen LogP contribution in [0.1, 0.15) is 51.0 Å². The number of unbranched alkanes of at least 4 members (excludes halogenated alkanes) is 5. The summed E-state index contributed by atoms with van der Waals surface area (Å²) in [6.45, 7) is 2.21. The summed E-state index contributed by atoms with van der Waals surface area (Å²) in [5.74, 6) is 0.0276. The molecule has 0 unspecified atom stereocenters. The Bertz CT molecular complexity index is 821. The molecule has 2 aromatic carbocycles. The largest absolute Gasteiger partial charge is 1.00 e. The molecule has 0 aromatic heterocycles. The summed E-state index contributed by atoms with van der Waals surface area (Å²) in [6, 6.07) is 11.1. The average Bonchev–Trinajstić information content (AvgIpc) is 2.57. The van der Waals surface area contributed by atoms with Crippen LogP contribution in [0.15, 0.2) is 47.4 Å². The number of benzene rings is 2. The Morgan fingerprint density at radius 2 is 1.63 bits per heavy atom. The molecule has 0 radical (unpaired) electrons. The van der Waals surface area contributed by atoms with E-state index in [1.807, 2.05) is 18.2 Å². The maximum atomic E-state index is 11.8. The molecular weight excluding hydrogens is 375 g/mol. The molecule has 142 valence electrons. The second kappa shape index (κ2) is 11.7. The second-order valence-corrected chi connectivity index (χ2v) is 7.74. The number of hydrogen-bond acceptors (Lipinski definition) is 4. The van der Waals surface area contributed by atoms with Crippen molar-refractivity contribution >= 4 is 10.1 Å². The van der Waals surface area contributed by atoms with Gasteiger partial charge in [-0.2, -0.15) is 8.42 Å². The molecule has 0 atom stereocenters. The van der Waals surface area contributed by atoms with E-state index in [1.165, 1.54) is 38.2 Å². The van der Waals surface area contributed by atoms with Crippen LogP contribution in [-0.2, 0) is 16.5 Å². The van der Waals surface area contributed by atoms with E-state index < -0.39 is 20.8 Å². The summed E-state index contributed by atoms with van der Waals surface area (Å²) in [4.78, 5) is -0.651. The Kier molecular flexibility index (Phi) is 10.4. The molecule has 7 heteroatoms. The monoisotopic (exact) mass is 400 g/mol. The zero-order valence-corrected chi connectivity index (χ0v) is 18.8. The van der Waals surface area contributed by atoms with Crippen molar-refractivity contribution in [2.45, 2.75) is 56.8 Å². The quantitative estimate of drug-likeness (QED) is 0.373. The molecule has 2 aromatic rings. The first-order chi connectivity index (χ1) is 12.4. The average molecular weight is 400 g/mol. The third kappa shape index (κ3) is 8.23. The van der Waals surface area contributed by atoms with Gasteiger partial charge in [0.05, 0.1) is 4.90 Å². The van der Waals surface area contributed by atoms with Crippen molar-refractivity contribution in [3.63, 3.8) is 0 Å². The predicted molar refractivity (Wildman–Crippen MR) is 99.3 cm³/mol. The van der Waals surface area contributed by atoms with Crippen LogP contribution in [0.25, 0.3) is 0 Å². The Balaban J connectivity index is 0.00000364. The van der Waals surface area contributed by atoms with Gasteiger partial charge in [0.25, 0.3) is 10.1 Å². The maximum Gasteiger partial charge on any atom is 1.00 e. The molecule has 0 saturated heterocycles. The Morgan fingerprint density at radius 1 is 0.963 bits per heavy atom. The minimum atomic E-state index is -4.52. The summed E-state index contributed by atoms with van der Waals surface area (Å²) >= 11 is 0. The summed E-state index contributed by atoms with van der Waals surface area (Å²) in [7, 11) is -4.52. The summed E-state index contributed by atoms with van der Waals surface area (Å²) in [5, 5.41) is 11.8. The number of hydrogen-bond donors (Lipinski definition) is 1. The number of rotatable bonds is 10. The first-order valence-corrected chi connectivity index (χ1v) is 10.4. The normalized spacial score (nSPS) is 11.0. The Morgan fingerprint density at radius 3 is 2.30 bits per heavy atom. The zero-order chi connectivity index (χ0) is 19.0. The van der Waals surface area contributed by atoms with E-state index >= 15 is 0 Å². The van der Waals surface area contributed by atoms with Crippen LogP contribution in [0.4, 0.5) is 0 Å². The molecular formula is C20H25NaO5S. The summed E-state index contributed by atoms with van der Waals surface area (Å²) in [6.07, 6.45) is 8.39. The van der Waals surface area contributed by atoms with Gasteiger partial charge in [-0.1, -0.05) is 56.9 Å². The van der Waals surface area contributed by atoms with Crippen molar-refractivity contribution in [2.75, 3.05) is 0 Å². The van der Waals surface area contributed by atoms with Crippen molar-refractivity contribution in [1.29, 1.82) is 0 Å². The first kappa shape index (κ1) is 24.0. The molecule has 2 rings (SSSR count). The van der Waals surface area contributed by atoms with Gasteiger partial charge in [0.2, 0.25) is 0 Å². The van der Waals surface area contributed by atoms with Crippen molar-refractivity contribution in [3.05, 3.63) is 48.0 Å². The topological polar surface area (TPSA) is 86.7 Å². The van der Waals surface area contributed by atoms with E-state index in [0.717, 1.165) is 30.5 Å². The van der Waals surface area contributed by atoms with Gasteiger partial charge in [0.15, 0.2) is 0 Å². The molecule has 0 aliphatic rings. The molecule has 0 bridgehead atoms. The molecule has 5 nitrogen and oxygen atoms in total. The summed E-state index contributed by atoms with van der Waals surface area (Å²) < 4.78 is 36.8. The van der Waals surface area contributed by atoms with Crippen LogP contribution in [0.2, 0.25) is 0 Å². The van der Waals surface area contributed by atoms with Gasteiger partial charge in [-0.15, -0.1) is 0 Å². The fourth-order valence-corrected chi connectivity index (χ4v) is 3.33.